The number of anilines is 1. The number of benzene rings is 1. The highest BCUT2D eigenvalue weighted by atomic mass is 32.1. The van der Waals surface area contributed by atoms with E-state index >= 15 is 0 Å². The molecule has 0 radical (unpaired) electrons. The van der Waals surface area contributed by atoms with Gasteiger partial charge in [0.2, 0.25) is 5.91 Å². The van der Waals surface area contributed by atoms with Crippen molar-refractivity contribution in [2.75, 3.05) is 5.32 Å². The summed E-state index contributed by atoms with van der Waals surface area (Å²) in [6.45, 7) is 0.633. The number of ether oxygens (including phenoxy) is 1. The average molecular weight is 445 g/mol. The van der Waals surface area contributed by atoms with Gasteiger partial charge in [0, 0.05) is 34.0 Å². The molecule has 11 heteroatoms. The van der Waals surface area contributed by atoms with E-state index in [0.717, 1.165) is 4.88 Å². The first-order chi connectivity index (χ1) is 14.8. The monoisotopic (exact) mass is 445 g/mol. The first kappa shape index (κ1) is 20.7. The van der Waals surface area contributed by atoms with Crippen LogP contribution in [0.2, 0.25) is 0 Å². The summed E-state index contributed by atoms with van der Waals surface area (Å²) in [6.07, 6.45) is 1.45. The van der Waals surface area contributed by atoms with E-state index in [1.807, 2.05) is 6.92 Å². The first-order valence-electron chi connectivity index (χ1n) is 9.20. The number of rotatable bonds is 6. The zero-order valence-corrected chi connectivity index (χ0v) is 17.3. The summed E-state index contributed by atoms with van der Waals surface area (Å²) in [5.74, 6) is -0.344. The summed E-state index contributed by atoms with van der Waals surface area (Å²) in [5, 5.41) is 5.86. The molecule has 1 amide bonds. The van der Waals surface area contributed by atoms with Gasteiger partial charge in [0.25, 0.3) is 5.56 Å². The molecule has 4 aromatic rings. The number of thiazole rings is 1. The van der Waals surface area contributed by atoms with Crippen molar-refractivity contribution < 1.29 is 18.3 Å². The minimum atomic E-state index is -2.89. The van der Waals surface area contributed by atoms with Crippen molar-refractivity contribution in [3.63, 3.8) is 0 Å². The molecule has 4 rings (SSSR count). The van der Waals surface area contributed by atoms with Crippen molar-refractivity contribution in [3.05, 3.63) is 63.0 Å². The van der Waals surface area contributed by atoms with Gasteiger partial charge in [-0.15, -0.1) is 11.3 Å². The number of alkyl halides is 2. The predicted octanol–water partition coefficient (Wildman–Crippen LogP) is 3.55. The molecule has 8 nitrogen and oxygen atoms in total. The van der Waals surface area contributed by atoms with Crippen LogP contribution in [0.25, 0.3) is 16.9 Å². The lowest BCUT2D eigenvalue weighted by atomic mass is 10.1. The van der Waals surface area contributed by atoms with Crippen LogP contribution in [0, 0.1) is 13.8 Å². The minimum Gasteiger partial charge on any atom is -0.435 e. The Labute approximate surface area is 178 Å². The van der Waals surface area contributed by atoms with E-state index in [-0.39, 0.29) is 17.7 Å². The lowest BCUT2D eigenvalue weighted by molar-refractivity contribution is -0.115. The molecule has 0 atom stereocenters. The van der Waals surface area contributed by atoms with Gasteiger partial charge in [-0.05, 0) is 38.1 Å². The van der Waals surface area contributed by atoms with Crippen molar-refractivity contribution in [1.82, 2.24) is 19.6 Å². The SMILES string of the molecule is Cc1nc2cc[nH]n2c(=O)c1CC(=O)Nc1nc(-c2ccc(OC(F)F)cc2)c(C)s1. The normalized spacial score (nSPS) is 11.3. The maximum absolute atomic E-state index is 12.6. The van der Waals surface area contributed by atoms with Gasteiger partial charge in [0.05, 0.1) is 12.1 Å². The van der Waals surface area contributed by atoms with Crippen molar-refractivity contribution in [1.29, 1.82) is 0 Å². The smallest absolute Gasteiger partial charge is 0.387 e. The Morgan fingerprint density at radius 2 is 1.97 bits per heavy atom. The Balaban J connectivity index is 1.51. The summed E-state index contributed by atoms with van der Waals surface area (Å²) in [6, 6.07) is 7.76. The molecule has 0 spiro atoms. The van der Waals surface area contributed by atoms with E-state index in [2.05, 4.69) is 25.1 Å². The van der Waals surface area contributed by atoms with Gasteiger partial charge in [-0.25, -0.2) is 14.5 Å². The van der Waals surface area contributed by atoms with Crippen LogP contribution in [-0.4, -0.2) is 32.1 Å². The number of nitrogens with zero attached hydrogens (tertiary/aromatic N) is 3. The third kappa shape index (κ3) is 4.31. The molecular formula is C20H17F2N5O3S. The Hall–Kier alpha value is -3.60. The van der Waals surface area contributed by atoms with Crippen LogP contribution < -0.4 is 15.6 Å². The summed E-state index contributed by atoms with van der Waals surface area (Å²) in [5.41, 5.74) is 2.25. The van der Waals surface area contributed by atoms with Gasteiger partial charge in [-0.1, -0.05) is 0 Å². The topological polar surface area (TPSA) is 101 Å². The van der Waals surface area contributed by atoms with Crippen LogP contribution in [0.15, 0.2) is 41.3 Å². The molecule has 2 N–H and O–H groups in total. The number of hydrogen-bond donors (Lipinski definition) is 2. The number of aromatic nitrogens is 4. The molecule has 0 bridgehead atoms. The summed E-state index contributed by atoms with van der Waals surface area (Å²) < 4.78 is 30.2. The second kappa shape index (κ2) is 8.26. The molecule has 0 aliphatic rings. The highest BCUT2D eigenvalue weighted by Gasteiger charge is 2.17. The molecule has 0 aliphatic carbocycles. The van der Waals surface area contributed by atoms with Gasteiger partial charge in [-0.3, -0.25) is 14.7 Å². The third-order valence-electron chi connectivity index (χ3n) is 4.58. The zero-order valence-electron chi connectivity index (χ0n) is 16.5. The third-order valence-corrected chi connectivity index (χ3v) is 5.46. The molecule has 0 saturated heterocycles. The fraction of sp³-hybridized carbons (Fsp3) is 0.200. The van der Waals surface area contributed by atoms with Gasteiger partial charge in [0.15, 0.2) is 10.8 Å². The summed E-state index contributed by atoms with van der Waals surface area (Å²) in [7, 11) is 0. The quantitative estimate of drug-likeness (QED) is 0.473. The zero-order chi connectivity index (χ0) is 22.1. The molecule has 0 unspecified atom stereocenters. The fourth-order valence-electron chi connectivity index (χ4n) is 3.15. The number of nitrogens with one attached hydrogen (secondary N) is 2. The van der Waals surface area contributed by atoms with Gasteiger partial charge < -0.3 is 10.1 Å². The van der Waals surface area contributed by atoms with E-state index in [1.54, 1.807) is 31.3 Å². The Kier molecular flexibility index (Phi) is 5.51. The molecule has 0 fully saturated rings. The largest absolute Gasteiger partial charge is 0.435 e. The molecule has 31 heavy (non-hydrogen) atoms. The van der Waals surface area contributed by atoms with Crippen LogP contribution in [0.4, 0.5) is 13.9 Å². The summed E-state index contributed by atoms with van der Waals surface area (Å²) in [4.78, 5) is 34.7. The van der Waals surface area contributed by atoms with E-state index in [0.29, 0.717) is 33.3 Å². The number of H-pyrrole nitrogens is 1. The number of amides is 1. The Morgan fingerprint density at radius 1 is 1.23 bits per heavy atom. The second-order valence-electron chi connectivity index (χ2n) is 6.69. The Morgan fingerprint density at radius 3 is 2.68 bits per heavy atom. The highest BCUT2D eigenvalue weighted by molar-refractivity contribution is 7.16. The van der Waals surface area contributed by atoms with E-state index in [9.17, 15) is 18.4 Å². The maximum Gasteiger partial charge on any atom is 0.387 e. The number of aryl methyl sites for hydroxylation is 2. The van der Waals surface area contributed by atoms with Crippen LogP contribution in [0.3, 0.4) is 0 Å². The van der Waals surface area contributed by atoms with E-state index in [1.165, 1.54) is 28.0 Å². The van der Waals surface area contributed by atoms with Crippen LogP contribution >= 0.6 is 11.3 Å². The standard InChI is InChI=1S/C20H17F2N5O3S/c1-10-14(18(29)27-15(24-10)7-8-23-27)9-16(28)25-20-26-17(11(2)31-20)12-3-5-13(6-4-12)30-19(21)22/h3-8,19,23H,9H2,1-2H3,(H,25,26,28). The molecule has 0 saturated carbocycles. The van der Waals surface area contributed by atoms with Gasteiger partial charge in [-0.2, -0.15) is 8.78 Å². The van der Waals surface area contributed by atoms with Crippen molar-refractivity contribution in [3.8, 4) is 17.0 Å². The average Bonchev–Trinajstić information content (AvgIpc) is 3.31. The molecule has 3 aromatic heterocycles. The number of carbonyl (C=O) groups excluding carboxylic acids is 1. The molecule has 3 heterocycles. The van der Waals surface area contributed by atoms with Crippen LogP contribution in [-0.2, 0) is 11.2 Å². The van der Waals surface area contributed by atoms with Crippen molar-refractivity contribution in [2.24, 2.45) is 0 Å². The number of carbonyl (C=O) groups is 1. The Bertz CT molecular complexity index is 1310. The van der Waals surface area contributed by atoms with E-state index in [4.69, 9.17) is 0 Å². The number of fused-ring (bicyclic) bond motifs is 1. The highest BCUT2D eigenvalue weighted by Crippen LogP contribution is 2.31. The minimum absolute atomic E-state index is 0.0504. The van der Waals surface area contributed by atoms with Crippen molar-refractivity contribution in [2.45, 2.75) is 26.9 Å². The van der Waals surface area contributed by atoms with Gasteiger partial charge in [0.1, 0.15) is 5.75 Å². The molecule has 0 aliphatic heterocycles. The number of hydrogen-bond acceptors (Lipinski definition) is 6. The number of halogens is 2. The van der Waals surface area contributed by atoms with Gasteiger partial charge >= 0.3 is 6.61 Å². The van der Waals surface area contributed by atoms with E-state index < -0.39 is 12.5 Å². The lowest BCUT2D eigenvalue weighted by Gasteiger charge is -2.06. The molecule has 1 aromatic carbocycles. The first-order valence-corrected chi connectivity index (χ1v) is 10.0. The van der Waals surface area contributed by atoms with Crippen LogP contribution in [0.5, 0.6) is 5.75 Å². The number of aromatic amines is 1. The summed E-state index contributed by atoms with van der Waals surface area (Å²) >= 11 is 1.28. The second-order valence-corrected chi connectivity index (χ2v) is 7.89. The lowest BCUT2D eigenvalue weighted by Crippen LogP contribution is -2.26. The maximum atomic E-state index is 12.6. The molecular weight excluding hydrogens is 428 g/mol. The van der Waals surface area contributed by atoms with Crippen molar-refractivity contribution >= 4 is 28.0 Å². The molecule has 160 valence electrons. The predicted molar refractivity (Wildman–Crippen MR) is 112 cm³/mol. The fourth-order valence-corrected chi connectivity index (χ4v) is 4.00. The van der Waals surface area contributed by atoms with Crippen LogP contribution in [0.1, 0.15) is 16.1 Å².